The van der Waals surface area contributed by atoms with Gasteiger partial charge in [-0.25, -0.2) is 14.2 Å². The van der Waals surface area contributed by atoms with Crippen molar-refractivity contribution in [2.24, 2.45) is 23.7 Å². The highest BCUT2D eigenvalue weighted by Crippen LogP contribution is 2.46. The third-order valence-electron chi connectivity index (χ3n) is 17.0. The number of carboxylic acids is 1. The van der Waals surface area contributed by atoms with Crippen molar-refractivity contribution in [3.8, 4) is 17.2 Å². The number of halogens is 1. The Kier molecular flexibility index (Phi) is 15.5. The van der Waals surface area contributed by atoms with Gasteiger partial charge < -0.3 is 73.3 Å². The lowest BCUT2D eigenvalue weighted by atomic mass is 9.78. The van der Waals surface area contributed by atoms with E-state index in [1.54, 1.807) is 43.2 Å². The summed E-state index contributed by atoms with van der Waals surface area (Å²) in [5, 5.41) is 59.1. The number of piperazine rings is 1. The molecule has 23 heteroatoms. The number of aromatic carboxylic acids is 1. The number of esters is 1. The monoisotopic (exact) mass is 1160 g/mol. The molecule has 1 amide bonds. The summed E-state index contributed by atoms with van der Waals surface area (Å²) in [5.74, 6) is -9.68. The molecule has 0 spiro atoms. The molecule has 6 aromatic rings. The van der Waals surface area contributed by atoms with Crippen LogP contribution >= 0.6 is 0 Å². The lowest BCUT2D eigenvalue weighted by molar-refractivity contribution is -0.160. The van der Waals surface area contributed by atoms with E-state index in [0.717, 1.165) is 18.9 Å². The number of pyridine rings is 1. The average Bonchev–Trinajstić information content (AvgIpc) is 1.42. The first-order chi connectivity index (χ1) is 39.8. The van der Waals surface area contributed by atoms with E-state index in [-0.39, 0.29) is 104 Å². The van der Waals surface area contributed by atoms with E-state index >= 15 is 9.18 Å². The second kappa shape index (κ2) is 22.2. The quantitative estimate of drug-likeness (QED) is 0.0574. The summed E-state index contributed by atoms with van der Waals surface area (Å²) in [6.07, 6.45) is 5.90. The van der Waals surface area contributed by atoms with Gasteiger partial charge in [-0.2, -0.15) is 0 Å². The fourth-order valence-electron chi connectivity index (χ4n) is 12.0. The summed E-state index contributed by atoms with van der Waals surface area (Å²) in [6.45, 7) is 13.1. The molecular weight excluding hydrogens is 1090 g/mol. The van der Waals surface area contributed by atoms with E-state index in [2.05, 4.69) is 5.32 Å². The van der Waals surface area contributed by atoms with Crippen LogP contribution in [0.25, 0.3) is 49.6 Å². The Labute approximate surface area is 479 Å². The Morgan fingerprint density at radius 3 is 2.21 bits per heavy atom. The number of phenolic OH excluding ortho intramolecular Hbond substituents is 1. The Bertz CT molecular complexity index is 4090. The van der Waals surface area contributed by atoms with Crippen molar-refractivity contribution < 1.29 is 72.4 Å². The lowest BCUT2D eigenvalue weighted by Crippen LogP contribution is -2.47. The lowest BCUT2D eigenvalue weighted by Gasteiger charge is -2.38. The number of benzene rings is 4. The van der Waals surface area contributed by atoms with Crippen molar-refractivity contribution in [1.82, 2.24) is 9.55 Å². The number of carboxylic acid groups (broad SMARTS) is 1. The first-order valence-electron chi connectivity index (χ1n) is 27.6. The Balaban J connectivity index is 1.09. The number of fused-ring (bicyclic) bond motifs is 6. The molecule has 84 heavy (non-hydrogen) atoms. The van der Waals surface area contributed by atoms with Crippen LogP contribution < -0.4 is 46.1 Å². The van der Waals surface area contributed by atoms with E-state index in [1.807, 2.05) is 4.90 Å². The van der Waals surface area contributed by atoms with Gasteiger partial charge in [0.25, 0.3) is 5.91 Å². The van der Waals surface area contributed by atoms with Crippen LogP contribution in [-0.4, -0.2) is 124 Å². The number of methoxy groups -OCH3 is 2. The molecule has 1 saturated heterocycles. The van der Waals surface area contributed by atoms with Crippen molar-refractivity contribution in [1.29, 1.82) is 0 Å². The van der Waals surface area contributed by atoms with E-state index in [4.69, 9.17) is 33.1 Å². The average molecular weight is 1160 g/mol. The van der Waals surface area contributed by atoms with Gasteiger partial charge in [0.05, 0.1) is 53.2 Å². The minimum Gasteiger partial charge on any atom is -0.507 e. The maximum Gasteiger partial charge on any atom is 0.341 e. The van der Waals surface area contributed by atoms with Crippen molar-refractivity contribution in [3.05, 3.63) is 113 Å². The maximum absolute atomic E-state index is 16.3. The third kappa shape index (κ3) is 9.99. The molecule has 9 atom stereocenters. The number of amides is 1. The minimum absolute atomic E-state index is 0.00638. The normalized spacial score (nSPS) is 26.7. The van der Waals surface area contributed by atoms with Gasteiger partial charge in [0, 0.05) is 117 Å². The number of hydrogen-bond acceptors (Lipinski definition) is 19. The highest BCUT2D eigenvalue weighted by molar-refractivity contribution is 6.17. The van der Waals surface area contributed by atoms with Crippen molar-refractivity contribution in [2.75, 3.05) is 55.5 Å². The number of aliphatic hydroxyl groups excluding tert-OH is 3. The molecule has 1 saturated carbocycles. The number of carbonyl (C=O) groups excluding carboxylic acids is 2. The summed E-state index contributed by atoms with van der Waals surface area (Å²) in [5.41, 5.74) is -3.57. The van der Waals surface area contributed by atoms with Crippen LogP contribution in [0.1, 0.15) is 83.3 Å². The van der Waals surface area contributed by atoms with Gasteiger partial charge in [-0.05, 0) is 38.8 Å². The third-order valence-corrected chi connectivity index (χ3v) is 17.0. The first kappa shape index (κ1) is 58.6. The number of nitrogens with one attached hydrogen (secondary N) is 1. The zero-order valence-electron chi connectivity index (χ0n) is 47.9. The molecule has 5 heterocycles. The number of rotatable bonds is 7. The Hall–Kier alpha value is -8.54. The van der Waals surface area contributed by atoms with Crippen LogP contribution in [0.4, 0.5) is 21.5 Å². The van der Waals surface area contributed by atoms with E-state index in [0.29, 0.717) is 5.69 Å². The second-order valence-corrected chi connectivity index (χ2v) is 22.5. The van der Waals surface area contributed by atoms with Crippen molar-refractivity contribution >= 4 is 84.5 Å². The zero-order valence-corrected chi connectivity index (χ0v) is 47.9. The Morgan fingerprint density at radius 1 is 0.881 bits per heavy atom. The van der Waals surface area contributed by atoms with Gasteiger partial charge in [0.15, 0.2) is 34.0 Å². The summed E-state index contributed by atoms with van der Waals surface area (Å²) in [6, 6.07) is 3.79. The highest BCUT2D eigenvalue weighted by Gasteiger charge is 2.45. The van der Waals surface area contributed by atoms with Crippen LogP contribution in [-0.2, 0) is 23.8 Å². The number of aromatic hydroxyl groups is 1. The predicted octanol–water partition coefficient (Wildman–Crippen LogP) is 6.38. The number of aromatic nitrogens is 2. The first-order valence-corrected chi connectivity index (χ1v) is 27.6. The van der Waals surface area contributed by atoms with Crippen molar-refractivity contribution in [3.63, 3.8) is 0 Å². The SMILES string of the molecule is COc1c(N2CCN(c3cc(=O)c4nc5c(oc4c3)c3c(=O)c4c(O)c(C)c6c(c45)=C(O)[C@@](C)(O/C=C/[C@H](OC)[C@@H](C)[C@@H](OC(C)=O)[C@H](C)[C@H](O)[C@H](C)[C@@H](O)[C@@H](C)/C=C/C=C(/C)C(=O)N3)O6)CC2)c(F)cc2c(=O)c(C(=O)O)cn(C3CC3)c12. The molecular formula is C61H66FN5O17. The fraction of sp³-hybridized carbons (Fsp3) is 0.426. The van der Waals surface area contributed by atoms with Gasteiger partial charge in [-0.15, -0.1) is 0 Å². The van der Waals surface area contributed by atoms with Crippen LogP contribution in [0.5, 0.6) is 17.2 Å². The molecule has 1 aliphatic carbocycles. The highest BCUT2D eigenvalue weighted by atomic mass is 19.1. The van der Waals surface area contributed by atoms with E-state index in [1.165, 1.54) is 84.7 Å². The van der Waals surface area contributed by atoms with Gasteiger partial charge >= 0.3 is 17.7 Å². The molecule has 22 nitrogen and oxygen atoms in total. The number of hydrogen-bond donors (Lipinski definition) is 6. The smallest absolute Gasteiger partial charge is 0.341 e. The maximum atomic E-state index is 16.3. The molecule has 0 radical (unpaired) electrons. The second-order valence-electron chi connectivity index (χ2n) is 22.5. The molecule has 10 rings (SSSR count). The number of aliphatic hydroxyl groups is 3. The van der Waals surface area contributed by atoms with Crippen LogP contribution in [0, 0.1) is 36.4 Å². The van der Waals surface area contributed by atoms with Gasteiger partial charge in [-0.1, -0.05) is 45.9 Å². The van der Waals surface area contributed by atoms with Gasteiger partial charge in [0.1, 0.15) is 40.1 Å². The number of carbonyl (C=O) groups is 3. The topological polar surface area (TPSA) is 299 Å². The molecule has 5 bridgehead atoms. The molecule has 4 aromatic carbocycles. The Morgan fingerprint density at radius 2 is 1.57 bits per heavy atom. The molecule has 444 valence electrons. The van der Waals surface area contributed by atoms with E-state index < -0.39 is 122 Å². The van der Waals surface area contributed by atoms with E-state index in [9.17, 15) is 49.5 Å². The molecule has 2 fully saturated rings. The minimum atomic E-state index is -2.06. The summed E-state index contributed by atoms with van der Waals surface area (Å²) in [4.78, 5) is 90.1. The summed E-state index contributed by atoms with van der Waals surface area (Å²) < 4.78 is 54.5. The van der Waals surface area contributed by atoms with Crippen molar-refractivity contribution in [2.45, 2.75) is 104 Å². The number of nitrogens with zero attached hydrogens (tertiary/aromatic N) is 4. The van der Waals surface area contributed by atoms with Crippen LogP contribution in [0.15, 0.2) is 79.3 Å². The number of anilines is 3. The molecule has 6 N–H and O–H groups in total. The number of ether oxygens (including phenoxy) is 5. The summed E-state index contributed by atoms with van der Waals surface area (Å²) >= 11 is 0. The van der Waals surface area contributed by atoms with Gasteiger partial charge in [-0.3, -0.25) is 24.0 Å². The largest absolute Gasteiger partial charge is 0.507 e. The molecule has 4 aliphatic rings. The zero-order chi connectivity index (χ0) is 60.7. The summed E-state index contributed by atoms with van der Waals surface area (Å²) in [7, 11) is 2.77. The van der Waals surface area contributed by atoms with Crippen LogP contribution in [0.2, 0.25) is 0 Å². The standard InChI is InChI=1S/C61H66FN5O17/c1-26-12-11-13-27(2)59(76)64-46-53(74)42-41(43-55(31(6)51(42)72)84-61(8,58(43)75)81-21-16-39(79-9)28(3)54(82-32(7)68)30(5)50(71)29(4)49(26)70)45-56(46)83-40-23-34(22-38(69)44(40)63-45)65-17-19-66(20-18-65)48-37(62)24-35-47(57(48)80-10)67(33-14-15-33)25-36(52(35)73)60(77)78/h11-13,16,21-26,28-30,33,39,49-50,54,70-72,75H,14-15,17-20H2,1-10H3,(H,64,76)(H,77,78)/b12-11+,21-16+,27-13-/t26-,28+,29+,30+,39-,49-,50+,54+,61-/m0/s1. The van der Waals surface area contributed by atoms with Gasteiger partial charge in [0.2, 0.25) is 16.3 Å². The predicted molar refractivity (Wildman–Crippen MR) is 309 cm³/mol. The number of allylic oxidation sites excluding steroid dienone is 2. The molecule has 0 unspecified atom stereocenters. The van der Waals surface area contributed by atoms with Crippen LogP contribution in [0.3, 0.4) is 0 Å². The fourth-order valence-corrected chi connectivity index (χ4v) is 12.0. The number of phenols is 1. The molecule has 3 aliphatic heterocycles. The molecule has 2 aromatic heterocycles.